The van der Waals surface area contributed by atoms with Gasteiger partial charge in [0.2, 0.25) is 0 Å². The lowest BCUT2D eigenvalue weighted by atomic mass is 9.51. The maximum atomic E-state index is 12.7. The first-order chi connectivity index (χ1) is 12.5. The van der Waals surface area contributed by atoms with Crippen LogP contribution in [-0.4, -0.2) is 34.2 Å². The summed E-state index contributed by atoms with van der Waals surface area (Å²) in [5.74, 6) is -0.113. The fourth-order valence-electron chi connectivity index (χ4n) is 4.33. The molecule has 138 valence electrons. The van der Waals surface area contributed by atoms with Crippen LogP contribution in [0.4, 0.5) is 0 Å². The number of nitrogens with one attached hydrogen (secondary N) is 2. The van der Waals surface area contributed by atoms with Crippen molar-refractivity contribution in [1.29, 1.82) is 0 Å². The molecule has 1 amide bonds. The van der Waals surface area contributed by atoms with Crippen molar-refractivity contribution in [3.63, 3.8) is 0 Å². The molecule has 2 aliphatic carbocycles. The number of H-pyrrole nitrogens is 1. The molecule has 26 heavy (non-hydrogen) atoms. The molecule has 1 aromatic carbocycles. The second kappa shape index (κ2) is 6.32. The summed E-state index contributed by atoms with van der Waals surface area (Å²) >= 11 is 5.16. The second-order valence-electron chi connectivity index (χ2n) is 7.35. The van der Waals surface area contributed by atoms with Crippen LogP contribution < -0.4 is 10.9 Å². The highest BCUT2D eigenvalue weighted by atomic mass is 32.1. The Hall–Kier alpha value is -1.99. The van der Waals surface area contributed by atoms with E-state index in [2.05, 4.69) is 10.3 Å². The molecular weight excluding hydrogens is 350 g/mol. The predicted molar refractivity (Wildman–Crippen MR) is 102 cm³/mol. The first-order valence-corrected chi connectivity index (χ1v) is 9.52. The minimum atomic E-state index is -0.164. The molecule has 2 saturated carbocycles. The lowest BCUT2D eigenvalue weighted by Crippen LogP contribution is -2.67. The molecule has 7 heteroatoms. The normalized spacial score (nSPS) is 23.5. The van der Waals surface area contributed by atoms with Gasteiger partial charge in [0.25, 0.3) is 11.5 Å². The number of ether oxygens (including phenoxy) is 1. The number of amides is 1. The molecule has 0 bridgehead atoms. The van der Waals surface area contributed by atoms with Crippen LogP contribution in [0, 0.1) is 10.2 Å². The molecule has 1 heterocycles. The average molecular weight is 373 g/mol. The van der Waals surface area contributed by atoms with Crippen LogP contribution >= 0.6 is 12.2 Å². The fourth-order valence-corrected chi connectivity index (χ4v) is 4.52. The number of aromatic amines is 1. The van der Waals surface area contributed by atoms with Gasteiger partial charge in [-0.15, -0.1) is 0 Å². The second-order valence-corrected chi connectivity index (χ2v) is 7.73. The molecule has 1 aromatic heterocycles. The lowest BCUT2D eigenvalue weighted by Gasteiger charge is -2.61. The van der Waals surface area contributed by atoms with Gasteiger partial charge in [0, 0.05) is 30.7 Å². The molecule has 6 nitrogen and oxygen atoms in total. The quantitative estimate of drug-likeness (QED) is 0.808. The van der Waals surface area contributed by atoms with Crippen molar-refractivity contribution in [2.24, 2.45) is 12.5 Å². The Balaban J connectivity index is 1.57. The lowest BCUT2D eigenvalue weighted by molar-refractivity contribution is -0.169. The molecule has 2 aromatic rings. The highest BCUT2D eigenvalue weighted by molar-refractivity contribution is 7.71. The van der Waals surface area contributed by atoms with E-state index in [1.54, 1.807) is 25.2 Å². The minimum Gasteiger partial charge on any atom is -0.378 e. The molecule has 2 atom stereocenters. The summed E-state index contributed by atoms with van der Waals surface area (Å²) in [6, 6.07) is 5.25. The standard InChI is InChI=1S/C19H23N3O3S/c1-3-25-15-10-14(19(15)7-4-8-19)21-16(23)11-5-6-12-13(9-11)20-18(26)22(2)17(12)24/h5-6,9,14-15H,3-4,7-8,10H2,1-2H3,(H,20,26)(H,21,23)/t14-,15+/m0/s1. The average Bonchev–Trinajstić information content (AvgIpc) is 2.56. The van der Waals surface area contributed by atoms with Crippen molar-refractivity contribution in [2.45, 2.75) is 44.8 Å². The molecule has 1 spiro atoms. The Bertz CT molecular complexity index is 990. The molecule has 0 aliphatic heterocycles. The summed E-state index contributed by atoms with van der Waals surface area (Å²) in [5, 5.41) is 3.70. The summed E-state index contributed by atoms with van der Waals surface area (Å²) in [6.45, 7) is 2.73. The van der Waals surface area contributed by atoms with Crippen LogP contribution in [0.1, 0.15) is 43.0 Å². The monoisotopic (exact) mass is 373 g/mol. The van der Waals surface area contributed by atoms with E-state index >= 15 is 0 Å². The van der Waals surface area contributed by atoms with E-state index in [9.17, 15) is 9.59 Å². The third kappa shape index (κ3) is 2.53. The molecule has 2 N–H and O–H groups in total. The minimum absolute atomic E-state index is 0.113. The number of hydrogen-bond acceptors (Lipinski definition) is 4. The summed E-state index contributed by atoms with van der Waals surface area (Å²) < 4.78 is 7.57. The number of rotatable bonds is 4. The summed E-state index contributed by atoms with van der Waals surface area (Å²) in [7, 11) is 1.63. The predicted octanol–water partition coefficient (Wildman–Crippen LogP) is 2.67. The van der Waals surface area contributed by atoms with Crippen molar-refractivity contribution in [1.82, 2.24) is 14.9 Å². The van der Waals surface area contributed by atoms with Gasteiger partial charge in [-0.05, 0) is 56.6 Å². The first kappa shape index (κ1) is 17.4. The van der Waals surface area contributed by atoms with Crippen LogP contribution in [0.15, 0.2) is 23.0 Å². The van der Waals surface area contributed by atoms with Crippen molar-refractivity contribution < 1.29 is 9.53 Å². The zero-order valence-corrected chi connectivity index (χ0v) is 15.8. The third-order valence-corrected chi connectivity index (χ3v) is 6.48. The van der Waals surface area contributed by atoms with E-state index in [0.717, 1.165) is 19.3 Å². The van der Waals surface area contributed by atoms with Crippen molar-refractivity contribution >= 4 is 29.0 Å². The van der Waals surface area contributed by atoms with E-state index in [4.69, 9.17) is 17.0 Å². The molecule has 4 rings (SSSR count). The number of carbonyl (C=O) groups excluding carboxylic acids is 1. The number of hydrogen-bond donors (Lipinski definition) is 2. The SMILES string of the molecule is CCO[C@@H]1C[C@H](NC(=O)c2ccc3c(=O)n(C)c(=S)[nH]c3c2)C12CCC2. The van der Waals surface area contributed by atoms with E-state index in [1.807, 2.05) is 6.92 Å². The molecule has 2 aliphatic rings. The van der Waals surface area contributed by atoms with Gasteiger partial charge >= 0.3 is 0 Å². The Morgan fingerprint density at radius 1 is 1.46 bits per heavy atom. The molecular formula is C19H23N3O3S. The first-order valence-electron chi connectivity index (χ1n) is 9.12. The van der Waals surface area contributed by atoms with Crippen LogP contribution in [0.25, 0.3) is 10.9 Å². The summed E-state index contributed by atoms with van der Waals surface area (Å²) in [5.41, 5.74) is 1.08. The number of nitrogens with zero attached hydrogens (tertiary/aromatic N) is 1. The summed E-state index contributed by atoms with van der Waals surface area (Å²) in [4.78, 5) is 28.0. The van der Waals surface area contributed by atoms with Gasteiger partial charge in [0.05, 0.1) is 17.0 Å². The van der Waals surface area contributed by atoms with Gasteiger partial charge in [-0.25, -0.2) is 0 Å². The number of carbonyl (C=O) groups is 1. The van der Waals surface area contributed by atoms with Gasteiger partial charge < -0.3 is 15.0 Å². The number of fused-ring (bicyclic) bond motifs is 1. The van der Waals surface area contributed by atoms with Crippen molar-refractivity contribution in [3.8, 4) is 0 Å². The van der Waals surface area contributed by atoms with Gasteiger partial charge in [-0.3, -0.25) is 14.2 Å². The van der Waals surface area contributed by atoms with Crippen LogP contribution in [0.2, 0.25) is 0 Å². The largest absolute Gasteiger partial charge is 0.378 e. The van der Waals surface area contributed by atoms with Crippen molar-refractivity contribution in [3.05, 3.63) is 38.9 Å². The third-order valence-electron chi connectivity index (χ3n) is 6.11. The maximum Gasteiger partial charge on any atom is 0.261 e. The summed E-state index contributed by atoms with van der Waals surface area (Å²) in [6.07, 6.45) is 4.57. The van der Waals surface area contributed by atoms with Gasteiger partial charge in [0.1, 0.15) is 0 Å². The van der Waals surface area contributed by atoms with E-state index in [0.29, 0.717) is 27.8 Å². The molecule has 0 radical (unpaired) electrons. The van der Waals surface area contributed by atoms with E-state index in [1.165, 1.54) is 11.0 Å². The number of aromatic nitrogens is 2. The van der Waals surface area contributed by atoms with Crippen LogP contribution in [0.3, 0.4) is 0 Å². The Morgan fingerprint density at radius 3 is 2.88 bits per heavy atom. The fraction of sp³-hybridized carbons (Fsp3) is 0.526. The molecule has 2 fully saturated rings. The van der Waals surface area contributed by atoms with Crippen LogP contribution in [-0.2, 0) is 11.8 Å². The van der Waals surface area contributed by atoms with Crippen molar-refractivity contribution in [2.75, 3.05) is 6.61 Å². The van der Waals surface area contributed by atoms with Crippen LogP contribution in [0.5, 0.6) is 0 Å². The Kier molecular flexibility index (Phi) is 4.23. The van der Waals surface area contributed by atoms with Gasteiger partial charge in [-0.2, -0.15) is 0 Å². The maximum absolute atomic E-state index is 12.7. The molecule has 0 saturated heterocycles. The highest BCUT2D eigenvalue weighted by Gasteiger charge is 2.59. The molecule has 0 unspecified atom stereocenters. The zero-order valence-electron chi connectivity index (χ0n) is 15.0. The van der Waals surface area contributed by atoms with E-state index in [-0.39, 0.29) is 29.0 Å². The smallest absolute Gasteiger partial charge is 0.261 e. The highest BCUT2D eigenvalue weighted by Crippen LogP contribution is 2.57. The topological polar surface area (TPSA) is 76.1 Å². The zero-order chi connectivity index (χ0) is 18.5. The van der Waals surface area contributed by atoms with Gasteiger partial charge in [0.15, 0.2) is 4.77 Å². The Labute approximate surface area is 156 Å². The number of benzene rings is 1. The Morgan fingerprint density at radius 2 is 2.23 bits per heavy atom. The van der Waals surface area contributed by atoms with E-state index < -0.39 is 0 Å². The van der Waals surface area contributed by atoms with Gasteiger partial charge in [-0.1, -0.05) is 6.42 Å².